The summed E-state index contributed by atoms with van der Waals surface area (Å²) in [6, 6.07) is 16.5. The maximum Gasteiger partial charge on any atom is 0.428 e. The highest BCUT2D eigenvalue weighted by Gasteiger charge is 2.07. The Hall–Kier alpha value is -3.03. The van der Waals surface area contributed by atoms with Crippen molar-refractivity contribution in [3.63, 3.8) is 0 Å². The Balaban J connectivity index is 1.63. The van der Waals surface area contributed by atoms with E-state index in [9.17, 15) is 4.79 Å². The predicted octanol–water partition coefficient (Wildman–Crippen LogP) is 3.80. The Morgan fingerprint density at radius 2 is 1.77 bits per heavy atom. The van der Waals surface area contributed by atoms with Gasteiger partial charge in [-0.3, -0.25) is 4.84 Å². The molecule has 0 spiro atoms. The van der Waals surface area contributed by atoms with Gasteiger partial charge in [-0.05, 0) is 35.4 Å². The first-order valence-electron chi connectivity index (χ1n) is 7.74. The third kappa shape index (κ3) is 4.75. The number of hydrogen-bond donors (Lipinski definition) is 2. The van der Waals surface area contributed by atoms with E-state index >= 15 is 0 Å². The van der Waals surface area contributed by atoms with Gasteiger partial charge in [0.25, 0.3) is 0 Å². The number of benzene rings is 2. The molecule has 0 saturated carbocycles. The Morgan fingerprint density at radius 3 is 2.46 bits per heavy atom. The van der Waals surface area contributed by atoms with Crippen LogP contribution in [0.4, 0.5) is 4.79 Å². The normalized spacial score (nSPS) is 10.5. The molecule has 1 aromatic heterocycles. The monoisotopic (exact) mass is 373 g/mol. The van der Waals surface area contributed by atoms with Crippen molar-refractivity contribution in [2.24, 2.45) is 0 Å². The van der Waals surface area contributed by atoms with Gasteiger partial charge in [0.05, 0.1) is 5.69 Å². The van der Waals surface area contributed by atoms with Crippen LogP contribution in [0, 0.1) is 0 Å². The van der Waals surface area contributed by atoms with Crippen molar-refractivity contribution in [1.82, 2.24) is 15.3 Å². The van der Waals surface area contributed by atoms with Gasteiger partial charge < -0.3 is 9.84 Å². The smallest absolute Gasteiger partial charge is 0.428 e. The minimum atomic E-state index is -1.24. The van der Waals surface area contributed by atoms with E-state index in [1.165, 1.54) is 0 Å². The molecule has 0 aliphatic heterocycles. The van der Waals surface area contributed by atoms with Crippen LogP contribution in [-0.2, 0) is 18.1 Å². The molecule has 3 rings (SSSR count). The summed E-state index contributed by atoms with van der Waals surface area (Å²) in [7, 11) is 0. The number of amides is 1. The van der Waals surface area contributed by atoms with Gasteiger partial charge in [-0.25, -0.2) is 9.48 Å². The van der Waals surface area contributed by atoms with E-state index in [-0.39, 0.29) is 13.2 Å². The number of carbonyl (C=O) groups is 1. The fraction of sp³-hybridized carbons (Fsp3) is 0.111. The van der Waals surface area contributed by atoms with Crippen LogP contribution in [0.5, 0.6) is 5.88 Å². The fourth-order valence-electron chi connectivity index (χ4n) is 2.29. The Labute approximate surface area is 154 Å². The van der Waals surface area contributed by atoms with Gasteiger partial charge in [0.15, 0.2) is 0 Å². The fourth-order valence-corrected chi connectivity index (χ4v) is 2.41. The minimum Gasteiger partial charge on any atom is -0.472 e. The summed E-state index contributed by atoms with van der Waals surface area (Å²) in [5.74, 6) is 0.472. The molecule has 7 nitrogen and oxygen atoms in total. The molecule has 0 saturated heterocycles. The van der Waals surface area contributed by atoms with Crippen molar-refractivity contribution in [2.75, 3.05) is 0 Å². The standard InChI is InChI=1S/C18H16ClN3O4/c19-15-5-7-16(8-6-15)22-10-9-17(20-22)25-11-13-3-1-2-4-14(13)12-26-21-18(23)24/h1-10,21H,11-12H2,(H,23,24). The van der Waals surface area contributed by atoms with Crippen LogP contribution >= 0.6 is 11.6 Å². The van der Waals surface area contributed by atoms with Gasteiger partial charge in [0, 0.05) is 17.3 Å². The molecule has 8 heteroatoms. The van der Waals surface area contributed by atoms with Crippen molar-refractivity contribution < 1.29 is 19.5 Å². The third-order valence-corrected chi connectivity index (χ3v) is 3.79. The van der Waals surface area contributed by atoms with Crippen LogP contribution < -0.4 is 10.2 Å². The molecule has 26 heavy (non-hydrogen) atoms. The summed E-state index contributed by atoms with van der Waals surface area (Å²) in [4.78, 5) is 15.4. The predicted molar refractivity (Wildman–Crippen MR) is 95.3 cm³/mol. The molecule has 3 aromatic rings. The zero-order valence-electron chi connectivity index (χ0n) is 13.6. The first-order chi connectivity index (χ1) is 12.6. The first-order valence-corrected chi connectivity index (χ1v) is 8.11. The number of carboxylic acid groups (broad SMARTS) is 1. The third-order valence-electron chi connectivity index (χ3n) is 3.54. The molecule has 2 aromatic carbocycles. The van der Waals surface area contributed by atoms with Crippen molar-refractivity contribution in [2.45, 2.75) is 13.2 Å². The summed E-state index contributed by atoms with van der Waals surface area (Å²) >= 11 is 5.89. The SMILES string of the molecule is O=C(O)NOCc1ccccc1COc1ccn(-c2ccc(Cl)cc2)n1. The van der Waals surface area contributed by atoms with Gasteiger partial charge in [-0.15, -0.1) is 5.10 Å². The average molecular weight is 374 g/mol. The van der Waals surface area contributed by atoms with Crippen LogP contribution in [-0.4, -0.2) is 21.0 Å². The van der Waals surface area contributed by atoms with E-state index in [0.717, 1.165) is 16.8 Å². The highest BCUT2D eigenvalue weighted by atomic mass is 35.5. The molecule has 1 amide bonds. The second-order valence-corrected chi connectivity index (χ2v) is 5.76. The number of hydrogen-bond acceptors (Lipinski definition) is 4. The van der Waals surface area contributed by atoms with Crippen LogP contribution in [0.15, 0.2) is 60.8 Å². The van der Waals surface area contributed by atoms with E-state index < -0.39 is 6.09 Å². The second-order valence-electron chi connectivity index (χ2n) is 5.33. The molecular formula is C18H16ClN3O4. The molecule has 0 aliphatic carbocycles. The highest BCUT2D eigenvalue weighted by Crippen LogP contribution is 2.17. The highest BCUT2D eigenvalue weighted by molar-refractivity contribution is 6.30. The van der Waals surface area contributed by atoms with Gasteiger partial charge in [-0.2, -0.15) is 5.48 Å². The molecule has 0 unspecified atom stereocenters. The second kappa shape index (κ2) is 8.37. The van der Waals surface area contributed by atoms with Gasteiger partial charge in [0.1, 0.15) is 13.2 Å². The molecule has 0 aliphatic rings. The number of hydroxylamine groups is 1. The first kappa shape index (κ1) is 17.8. The topological polar surface area (TPSA) is 85.6 Å². The van der Waals surface area contributed by atoms with Crippen molar-refractivity contribution in [3.8, 4) is 11.6 Å². The molecule has 0 bridgehead atoms. The van der Waals surface area contributed by atoms with Crippen molar-refractivity contribution >= 4 is 17.7 Å². The lowest BCUT2D eigenvalue weighted by Gasteiger charge is -2.10. The van der Waals surface area contributed by atoms with Gasteiger partial charge in [-0.1, -0.05) is 35.9 Å². The van der Waals surface area contributed by atoms with Gasteiger partial charge >= 0.3 is 6.09 Å². The summed E-state index contributed by atoms with van der Waals surface area (Å²) < 4.78 is 7.43. The molecule has 0 atom stereocenters. The molecule has 0 radical (unpaired) electrons. The molecule has 1 heterocycles. The summed E-state index contributed by atoms with van der Waals surface area (Å²) in [5.41, 5.74) is 4.44. The summed E-state index contributed by atoms with van der Waals surface area (Å²) in [6.45, 7) is 0.384. The van der Waals surface area contributed by atoms with Gasteiger partial charge in [0.2, 0.25) is 5.88 Å². The minimum absolute atomic E-state index is 0.102. The van der Waals surface area contributed by atoms with Crippen LogP contribution in [0.25, 0.3) is 5.69 Å². The maximum absolute atomic E-state index is 10.4. The number of halogens is 1. The Bertz CT molecular complexity index is 880. The Morgan fingerprint density at radius 1 is 1.08 bits per heavy atom. The number of nitrogens with zero attached hydrogens (tertiary/aromatic N) is 2. The molecule has 0 fully saturated rings. The molecule has 2 N–H and O–H groups in total. The maximum atomic E-state index is 10.4. The van der Waals surface area contributed by atoms with Crippen LogP contribution in [0.1, 0.15) is 11.1 Å². The summed E-state index contributed by atoms with van der Waals surface area (Å²) in [6.07, 6.45) is 0.552. The number of nitrogens with one attached hydrogen (secondary N) is 1. The largest absolute Gasteiger partial charge is 0.472 e. The van der Waals surface area contributed by atoms with Crippen LogP contribution in [0.2, 0.25) is 5.02 Å². The number of ether oxygens (including phenoxy) is 1. The van der Waals surface area contributed by atoms with E-state index in [4.69, 9.17) is 26.3 Å². The zero-order valence-corrected chi connectivity index (χ0v) is 14.4. The van der Waals surface area contributed by atoms with E-state index in [2.05, 4.69) is 5.10 Å². The van der Waals surface area contributed by atoms with E-state index in [0.29, 0.717) is 10.9 Å². The molecular weight excluding hydrogens is 358 g/mol. The quantitative estimate of drug-likeness (QED) is 0.615. The van der Waals surface area contributed by atoms with Crippen LogP contribution in [0.3, 0.4) is 0 Å². The lowest BCUT2D eigenvalue weighted by molar-refractivity contribution is 0.0308. The number of rotatable bonds is 7. The lowest BCUT2D eigenvalue weighted by atomic mass is 10.1. The van der Waals surface area contributed by atoms with Crippen molar-refractivity contribution in [3.05, 3.63) is 76.9 Å². The van der Waals surface area contributed by atoms with Crippen molar-refractivity contribution in [1.29, 1.82) is 0 Å². The summed E-state index contributed by atoms with van der Waals surface area (Å²) in [5, 5.41) is 13.6. The Kier molecular flexibility index (Phi) is 5.73. The lowest BCUT2D eigenvalue weighted by Crippen LogP contribution is -2.21. The van der Waals surface area contributed by atoms with E-state index in [1.54, 1.807) is 29.1 Å². The number of aromatic nitrogens is 2. The average Bonchev–Trinajstić information content (AvgIpc) is 3.10. The molecule has 134 valence electrons. The zero-order chi connectivity index (χ0) is 18.4. The van der Waals surface area contributed by atoms with E-state index in [1.807, 2.05) is 41.9 Å².